The molecule has 102 valence electrons. The number of nitrogens with one attached hydrogen (secondary N) is 1. The van der Waals surface area contributed by atoms with Crippen LogP contribution in [0.3, 0.4) is 0 Å². The highest BCUT2D eigenvalue weighted by molar-refractivity contribution is 9.12. The van der Waals surface area contributed by atoms with Crippen molar-refractivity contribution in [1.29, 1.82) is 0 Å². The van der Waals surface area contributed by atoms with Gasteiger partial charge in [-0.2, -0.15) is 0 Å². The number of rotatable bonds is 4. The van der Waals surface area contributed by atoms with E-state index in [4.69, 9.17) is 0 Å². The molecule has 1 aromatic carbocycles. The quantitative estimate of drug-likeness (QED) is 0.733. The lowest BCUT2D eigenvalue weighted by Gasteiger charge is -2.17. The summed E-state index contributed by atoms with van der Waals surface area (Å²) >= 11 is 8.72. The number of benzene rings is 1. The third kappa shape index (κ3) is 3.66. The average molecular weight is 407 g/mol. The summed E-state index contributed by atoms with van der Waals surface area (Å²) in [5.41, 5.74) is 3.35. The van der Waals surface area contributed by atoms with Gasteiger partial charge in [-0.15, -0.1) is 11.3 Å². The smallest absolute Gasteiger partial charge is 0.123 e. The van der Waals surface area contributed by atoms with Crippen molar-refractivity contribution >= 4 is 43.2 Å². The second-order valence-corrected chi connectivity index (χ2v) is 8.15. The first-order valence-electron chi connectivity index (χ1n) is 5.88. The van der Waals surface area contributed by atoms with Crippen LogP contribution in [0.25, 0.3) is 0 Å². The van der Waals surface area contributed by atoms with Crippen molar-refractivity contribution in [2.45, 2.75) is 19.4 Å². The maximum atomic E-state index is 13.4. The fraction of sp³-hybridized carbons (Fsp3) is 0.286. The molecule has 0 fully saturated rings. The largest absolute Gasteiger partial charge is 0.313 e. The van der Waals surface area contributed by atoms with Crippen molar-refractivity contribution in [2.75, 3.05) is 7.05 Å². The Bertz CT molecular complexity index is 583. The van der Waals surface area contributed by atoms with Crippen LogP contribution in [0.5, 0.6) is 0 Å². The molecule has 1 nitrogen and oxygen atoms in total. The minimum Gasteiger partial charge on any atom is -0.313 e. The van der Waals surface area contributed by atoms with E-state index >= 15 is 0 Å². The van der Waals surface area contributed by atoms with Gasteiger partial charge in [0, 0.05) is 6.04 Å². The Morgan fingerprint density at radius 1 is 1.32 bits per heavy atom. The minimum absolute atomic E-state index is 0.164. The van der Waals surface area contributed by atoms with Crippen molar-refractivity contribution in [3.63, 3.8) is 0 Å². The predicted octanol–water partition coefficient (Wildman–Crippen LogP) is 5.22. The summed E-state index contributed by atoms with van der Waals surface area (Å²) < 4.78 is 15.5. The van der Waals surface area contributed by atoms with Gasteiger partial charge in [0.25, 0.3) is 0 Å². The second-order valence-electron chi connectivity index (χ2n) is 4.40. The lowest BCUT2D eigenvalue weighted by atomic mass is 9.98. The van der Waals surface area contributed by atoms with E-state index in [-0.39, 0.29) is 11.9 Å². The van der Waals surface area contributed by atoms with Crippen LogP contribution in [0, 0.1) is 12.7 Å². The van der Waals surface area contributed by atoms with Gasteiger partial charge in [-0.05, 0) is 87.1 Å². The summed E-state index contributed by atoms with van der Waals surface area (Å²) in [4.78, 5) is 0. The van der Waals surface area contributed by atoms with Crippen LogP contribution in [0.15, 0.2) is 31.8 Å². The van der Waals surface area contributed by atoms with E-state index in [1.807, 2.05) is 20.0 Å². The summed E-state index contributed by atoms with van der Waals surface area (Å²) in [6.45, 7) is 2.01. The summed E-state index contributed by atoms with van der Waals surface area (Å²) in [6, 6.07) is 7.22. The highest BCUT2D eigenvalue weighted by atomic mass is 79.9. The fourth-order valence-electron chi connectivity index (χ4n) is 2.04. The summed E-state index contributed by atoms with van der Waals surface area (Å²) in [7, 11) is 1.93. The number of hydrogen-bond acceptors (Lipinski definition) is 2. The molecule has 0 saturated carbocycles. The van der Waals surface area contributed by atoms with Crippen LogP contribution < -0.4 is 5.32 Å². The van der Waals surface area contributed by atoms with Gasteiger partial charge in [-0.25, -0.2) is 4.39 Å². The van der Waals surface area contributed by atoms with E-state index in [0.29, 0.717) is 0 Å². The first kappa shape index (κ1) is 15.2. The van der Waals surface area contributed by atoms with Crippen molar-refractivity contribution in [3.05, 3.63) is 54.3 Å². The zero-order valence-electron chi connectivity index (χ0n) is 10.6. The van der Waals surface area contributed by atoms with Crippen molar-refractivity contribution in [3.8, 4) is 0 Å². The van der Waals surface area contributed by atoms with Gasteiger partial charge in [-0.3, -0.25) is 0 Å². The average Bonchev–Trinajstić information content (AvgIpc) is 2.69. The maximum Gasteiger partial charge on any atom is 0.123 e. The van der Waals surface area contributed by atoms with Gasteiger partial charge in [0.1, 0.15) is 5.82 Å². The SMILES string of the molecule is CNC(Cc1cc(F)ccc1C)c1cc(Br)sc1Br. The first-order valence-corrected chi connectivity index (χ1v) is 8.28. The van der Waals surface area contributed by atoms with E-state index < -0.39 is 0 Å². The number of likely N-dealkylation sites (N-methyl/N-ethyl adjacent to an activating group) is 1. The van der Waals surface area contributed by atoms with Crippen LogP contribution in [-0.4, -0.2) is 7.05 Å². The third-order valence-electron chi connectivity index (χ3n) is 3.14. The van der Waals surface area contributed by atoms with Crippen molar-refractivity contribution in [1.82, 2.24) is 5.32 Å². The summed E-state index contributed by atoms with van der Waals surface area (Å²) in [5.74, 6) is -0.180. The van der Waals surface area contributed by atoms with Crippen LogP contribution in [-0.2, 0) is 6.42 Å². The lowest BCUT2D eigenvalue weighted by molar-refractivity contribution is 0.582. The standard InChI is InChI=1S/C14H14Br2FNS/c1-8-3-4-10(17)5-9(8)6-12(18-2)11-7-13(15)19-14(11)16/h3-5,7,12,18H,6H2,1-2H3. The van der Waals surface area contributed by atoms with Crippen LogP contribution in [0.4, 0.5) is 4.39 Å². The van der Waals surface area contributed by atoms with Gasteiger partial charge in [0.2, 0.25) is 0 Å². The molecule has 0 spiro atoms. The number of aryl methyl sites for hydroxylation is 1. The molecular weight excluding hydrogens is 393 g/mol. The van der Waals surface area contributed by atoms with E-state index in [2.05, 4.69) is 43.2 Å². The molecule has 1 heterocycles. The predicted molar refractivity (Wildman–Crippen MR) is 86.4 cm³/mol. The Hall–Kier alpha value is -0.230. The molecule has 2 rings (SSSR count). The van der Waals surface area contributed by atoms with E-state index in [0.717, 1.165) is 25.1 Å². The Kier molecular flexibility index (Phi) is 5.17. The zero-order valence-corrected chi connectivity index (χ0v) is 14.6. The fourth-order valence-corrected chi connectivity index (χ4v) is 5.01. The van der Waals surface area contributed by atoms with E-state index in [1.54, 1.807) is 17.4 Å². The summed E-state index contributed by atoms with van der Waals surface area (Å²) in [6.07, 6.45) is 0.766. The number of halogens is 3. The highest BCUT2D eigenvalue weighted by Gasteiger charge is 2.17. The molecular formula is C14H14Br2FNS. The van der Waals surface area contributed by atoms with Crippen LogP contribution in [0.2, 0.25) is 0 Å². The number of hydrogen-bond donors (Lipinski definition) is 1. The molecule has 1 aromatic heterocycles. The van der Waals surface area contributed by atoms with Crippen LogP contribution >= 0.6 is 43.2 Å². The highest BCUT2D eigenvalue weighted by Crippen LogP contribution is 2.36. The molecule has 1 atom stereocenters. The van der Waals surface area contributed by atoms with Crippen molar-refractivity contribution < 1.29 is 4.39 Å². The van der Waals surface area contributed by atoms with Gasteiger partial charge in [-0.1, -0.05) is 6.07 Å². The molecule has 0 radical (unpaired) electrons. The monoisotopic (exact) mass is 405 g/mol. The molecule has 0 aliphatic heterocycles. The molecule has 1 unspecified atom stereocenters. The topological polar surface area (TPSA) is 12.0 Å². The van der Waals surface area contributed by atoms with Gasteiger partial charge in [0.15, 0.2) is 0 Å². The molecule has 0 bridgehead atoms. The Balaban J connectivity index is 2.29. The molecule has 0 amide bonds. The molecule has 1 N–H and O–H groups in total. The van der Waals surface area contributed by atoms with E-state index in [1.165, 1.54) is 11.6 Å². The molecule has 2 aromatic rings. The van der Waals surface area contributed by atoms with Gasteiger partial charge >= 0.3 is 0 Å². The molecule has 0 aliphatic carbocycles. The Morgan fingerprint density at radius 2 is 2.05 bits per heavy atom. The molecule has 0 aliphatic rings. The van der Waals surface area contributed by atoms with Gasteiger partial charge < -0.3 is 5.32 Å². The normalized spacial score (nSPS) is 12.7. The zero-order chi connectivity index (χ0) is 14.0. The summed E-state index contributed by atoms with van der Waals surface area (Å²) in [5, 5.41) is 3.30. The van der Waals surface area contributed by atoms with Gasteiger partial charge in [0.05, 0.1) is 7.57 Å². The van der Waals surface area contributed by atoms with Crippen molar-refractivity contribution in [2.24, 2.45) is 0 Å². The maximum absolute atomic E-state index is 13.4. The first-order chi connectivity index (χ1) is 9.01. The molecule has 0 saturated heterocycles. The number of thiophene rings is 1. The second kappa shape index (κ2) is 6.48. The third-order valence-corrected chi connectivity index (χ3v) is 5.53. The van der Waals surface area contributed by atoms with E-state index in [9.17, 15) is 4.39 Å². The molecule has 19 heavy (non-hydrogen) atoms. The molecule has 5 heteroatoms. The lowest BCUT2D eigenvalue weighted by Crippen LogP contribution is -2.19. The van der Waals surface area contributed by atoms with Crippen LogP contribution in [0.1, 0.15) is 22.7 Å². The Morgan fingerprint density at radius 3 is 2.63 bits per heavy atom. The minimum atomic E-state index is -0.180. The Labute approximate surface area is 133 Å².